The number of aromatic hydroxyl groups is 2. The summed E-state index contributed by atoms with van der Waals surface area (Å²) in [6.45, 7) is 9.15. The Morgan fingerprint density at radius 3 is 2.50 bits per heavy atom. The van der Waals surface area contributed by atoms with Crippen molar-refractivity contribution in [3.05, 3.63) is 23.8 Å². The fourth-order valence-electron chi connectivity index (χ4n) is 2.01. The highest BCUT2D eigenvalue weighted by molar-refractivity contribution is 5.92. The highest BCUT2D eigenvalue weighted by atomic mass is 16.5. The number of rotatable bonds is 7. The van der Waals surface area contributed by atoms with Crippen LogP contribution in [-0.4, -0.2) is 41.9 Å². The normalized spacial score (nSPS) is 12.4. The number of ether oxygens (including phenoxy) is 1. The van der Waals surface area contributed by atoms with Crippen molar-refractivity contribution in [3.8, 4) is 11.5 Å². The minimum atomic E-state index is -0.565. The van der Waals surface area contributed by atoms with Crippen LogP contribution in [0.25, 0.3) is 0 Å². The first-order valence-electron chi connectivity index (χ1n) is 7.04. The van der Waals surface area contributed by atoms with E-state index in [9.17, 15) is 15.0 Å². The topological polar surface area (TPSA) is 71.2 Å². The molecule has 0 heterocycles. The standard InChI is InChI=1S/C15H23NO4/c1-4-16(5-2)9-8-11(3)20-15(19)13-7-6-12(17)10-14(13)18/h6-7,10-11,17-18H,4-5,8-9H2,1-3H3/p+1/t11-/m1/s1. The van der Waals surface area contributed by atoms with Gasteiger partial charge in [-0.1, -0.05) is 0 Å². The molecule has 0 aromatic heterocycles. The van der Waals surface area contributed by atoms with Gasteiger partial charge in [0.2, 0.25) is 0 Å². The molecule has 0 fully saturated rings. The SMILES string of the molecule is CC[NH+](CC)CC[C@@H](C)OC(=O)c1ccc(O)cc1O. The van der Waals surface area contributed by atoms with Crippen LogP contribution in [0.2, 0.25) is 0 Å². The zero-order chi connectivity index (χ0) is 15.1. The summed E-state index contributed by atoms with van der Waals surface area (Å²) in [4.78, 5) is 13.4. The quantitative estimate of drug-likeness (QED) is 0.651. The Hall–Kier alpha value is -1.75. The third-order valence-corrected chi connectivity index (χ3v) is 3.41. The average Bonchev–Trinajstić information content (AvgIpc) is 2.39. The summed E-state index contributed by atoms with van der Waals surface area (Å²) in [7, 11) is 0. The molecule has 0 saturated carbocycles. The van der Waals surface area contributed by atoms with Crippen molar-refractivity contribution in [2.75, 3.05) is 19.6 Å². The van der Waals surface area contributed by atoms with Crippen LogP contribution < -0.4 is 4.90 Å². The number of benzene rings is 1. The maximum atomic E-state index is 11.9. The van der Waals surface area contributed by atoms with Gasteiger partial charge >= 0.3 is 5.97 Å². The number of quaternary nitrogens is 1. The molecule has 1 atom stereocenters. The molecule has 20 heavy (non-hydrogen) atoms. The molecule has 0 aliphatic rings. The van der Waals surface area contributed by atoms with Crippen molar-refractivity contribution in [1.82, 2.24) is 0 Å². The van der Waals surface area contributed by atoms with Gasteiger partial charge in [-0.25, -0.2) is 4.79 Å². The van der Waals surface area contributed by atoms with Crippen LogP contribution in [0.5, 0.6) is 11.5 Å². The molecule has 0 aliphatic heterocycles. The van der Waals surface area contributed by atoms with E-state index < -0.39 is 5.97 Å². The maximum absolute atomic E-state index is 11.9. The van der Waals surface area contributed by atoms with Crippen molar-refractivity contribution in [2.24, 2.45) is 0 Å². The van der Waals surface area contributed by atoms with E-state index in [4.69, 9.17) is 4.74 Å². The summed E-state index contributed by atoms with van der Waals surface area (Å²) in [5.41, 5.74) is 0.0739. The fourth-order valence-corrected chi connectivity index (χ4v) is 2.01. The average molecular weight is 282 g/mol. The fraction of sp³-hybridized carbons (Fsp3) is 0.533. The van der Waals surface area contributed by atoms with Crippen LogP contribution in [-0.2, 0) is 4.74 Å². The second-order valence-corrected chi connectivity index (χ2v) is 4.91. The molecule has 0 aliphatic carbocycles. The number of nitrogens with one attached hydrogen (secondary N) is 1. The largest absolute Gasteiger partial charge is 0.508 e. The molecule has 1 rings (SSSR count). The number of hydrogen-bond donors (Lipinski definition) is 3. The van der Waals surface area contributed by atoms with Crippen molar-refractivity contribution < 1.29 is 24.6 Å². The van der Waals surface area contributed by atoms with Gasteiger partial charge in [0.05, 0.1) is 19.6 Å². The molecule has 1 aromatic rings. The summed E-state index contributed by atoms with van der Waals surface area (Å²) < 4.78 is 5.30. The van der Waals surface area contributed by atoms with Crippen LogP contribution >= 0.6 is 0 Å². The van der Waals surface area contributed by atoms with E-state index in [0.717, 1.165) is 32.1 Å². The molecule has 0 bridgehead atoms. The Bertz CT molecular complexity index is 443. The Morgan fingerprint density at radius 2 is 1.95 bits per heavy atom. The van der Waals surface area contributed by atoms with E-state index in [-0.39, 0.29) is 23.2 Å². The van der Waals surface area contributed by atoms with Crippen molar-refractivity contribution in [1.29, 1.82) is 0 Å². The maximum Gasteiger partial charge on any atom is 0.342 e. The van der Waals surface area contributed by atoms with Gasteiger partial charge in [-0.05, 0) is 32.9 Å². The predicted molar refractivity (Wildman–Crippen MR) is 76.2 cm³/mol. The Labute approximate surface area is 119 Å². The third kappa shape index (κ3) is 4.74. The highest BCUT2D eigenvalue weighted by Crippen LogP contribution is 2.23. The Balaban J connectivity index is 2.53. The minimum absolute atomic E-state index is 0.0739. The van der Waals surface area contributed by atoms with Gasteiger partial charge in [-0.15, -0.1) is 0 Å². The molecule has 5 nitrogen and oxygen atoms in total. The lowest BCUT2D eigenvalue weighted by Crippen LogP contribution is -3.11. The van der Waals surface area contributed by atoms with E-state index in [1.54, 1.807) is 0 Å². The molecule has 5 heteroatoms. The second kappa shape index (κ2) is 7.75. The summed E-state index contributed by atoms with van der Waals surface area (Å²) >= 11 is 0. The molecule has 112 valence electrons. The lowest BCUT2D eigenvalue weighted by Gasteiger charge is -2.18. The molecular weight excluding hydrogens is 258 g/mol. The van der Waals surface area contributed by atoms with Crippen molar-refractivity contribution in [3.63, 3.8) is 0 Å². The lowest BCUT2D eigenvalue weighted by atomic mass is 10.2. The number of carbonyl (C=O) groups excluding carboxylic acids is 1. The summed E-state index contributed by atoms with van der Waals surface area (Å²) in [6, 6.07) is 3.83. The van der Waals surface area contributed by atoms with Crippen LogP contribution in [0.15, 0.2) is 18.2 Å². The van der Waals surface area contributed by atoms with Crippen LogP contribution in [0.1, 0.15) is 37.6 Å². The van der Waals surface area contributed by atoms with Crippen LogP contribution in [0, 0.1) is 0 Å². The zero-order valence-electron chi connectivity index (χ0n) is 12.3. The zero-order valence-corrected chi connectivity index (χ0v) is 12.3. The first-order chi connectivity index (χ1) is 9.47. The van der Waals surface area contributed by atoms with Crippen LogP contribution in [0.4, 0.5) is 0 Å². The van der Waals surface area contributed by atoms with E-state index >= 15 is 0 Å². The van der Waals surface area contributed by atoms with Gasteiger partial charge in [0.15, 0.2) is 0 Å². The third-order valence-electron chi connectivity index (χ3n) is 3.41. The molecule has 1 aromatic carbocycles. The Morgan fingerprint density at radius 1 is 1.30 bits per heavy atom. The first kappa shape index (κ1) is 16.3. The van der Waals surface area contributed by atoms with Gasteiger partial charge in [0.1, 0.15) is 23.2 Å². The predicted octanol–water partition coefficient (Wildman–Crippen LogP) is 0.958. The van der Waals surface area contributed by atoms with E-state index in [0.29, 0.717) is 0 Å². The first-order valence-corrected chi connectivity index (χ1v) is 7.04. The number of phenolic OH excluding ortho intramolecular Hbond substituents is 2. The van der Waals surface area contributed by atoms with Gasteiger partial charge in [-0.3, -0.25) is 0 Å². The summed E-state index contributed by atoms with van der Waals surface area (Å²) in [5.74, 6) is -0.918. The van der Waals surface area contributed by atoms with Gasteiger partial charge < -0.3 is 19.8 Å². The molecule has 0 spiro atoms. The number of esters is 1. The molecule has 0 amide bonds. The minimum Gasteiger partial charge on any atom is -0.508 e. The molecule has 0 radical (unpaired) electrons. The lowest BCUT2D eigenvalue weighted by molar-refractivity contribution is -0.896. The van der Waals surface area contributed by atoms with Crippen molar-refractivity contribution >= 4 is 5.97 Å². The molecule has 3 N–H and O–H groups in total. The number of hydrogen-bond acceptors (Lipinski definition) is 4. The Kier molecular flexibility index (Phi) is 6.31. The monoisotopic (exact) mass is 282 g/mol. The molecule has 0 unspecified atom stereocenters. The summed E-state index contributed by atoms with van der Waals surface area (Å²) in [5, 5.41) is 18.8. The van der Waals surface area contributed by atoms with Gasteiger partial charge in [0, 0.05) is 12.5 Å². The smallest absolute Gasteiger partial charge is 0.342 e. The number of phenols is 2. The second-order valence-electron chi connectivity index (χ2n) is 4.91. The van der Waals surface area contributed by atoms with E-state index in [2.05, 4.69) is 13.8 Å². The van der Waals surface area contributed by atoms with Crippen LogP contribution in [0.3, 0.4) is 0 Å². The van der Waals surface area contributed by atoms with E-state index in [1.807, 2.05) is 6.92 Å². The van der Waals surface area contributed by atoms with Gasteiger partial charge in [0.25, 0.3) is 0 Å². The number of carbonyl (C=O) groups is 1. The molecule has 0 saturated heterocycles. The van der Waals surface area contributed by atoms with E-state index in [1.165, 1.54) is 17.0 Å². The summed E-state index contributed by atoms with van der Waals surface area (Å²) in [6.07, 6.45) is 0.575. The van der Waals surface area contributed by atoms with Crippen molar-refractivity contribution in [2.45, 2.75) is 33.3 Å². The van der Waals surface area contributed by atoms with Gasteiger partial charge in [-0.2, -0.15) is 0 Å². The highest BCUT2D eigenvalue weighted by Gasteiger charge is 2.17. The molecular formula is C15H24NO4+.